The molecule has 2 N–H and O–H groups in total. The predicted molar refractivity (Wildman–Crippen MR) is 86.8 cm³/mol. The van der Waals surface area contributed by atoms with Crippen molar-refractivity contribution in [3.63, 3.8) is 0 Å². The lowest BCUT2D eigenvalue weighted by Gasteiger charge is -2.24. The van der Waals surface area contributed by atoms with Crippen LogP contribution in [0.5, 0.6) is 0 Å². The molecule has 2 unspecified atom stereocenters. The Balaban J connectivity index is 1.88. The van der Waals surface area contributed by atoms with Crippen molar-refractivity contribution >= 4 is 0 Å². The fourth-order valence-corrected chi connectivity index (χ4v) is 3.11. The van der Waals surface area contributed by atoms with E-state index in [-0.39, 0.29) is 6.04 Å². The number of benzene rings is 1. The maximum absolute atomic E-state index is 6.39. The molecule has 0 amide bonds. The van der Waals surface area contributed by atoms with Gasteiger partial charge >= 0.3 is 0 Å². The first-order chi connectivity index (χ1) is 9.69. The highest BCUT2D eigenvalue weighted by Gasteiger charge is 2.16. The van der Waals surface area contributed by atoms with Gasteiger partial charge in [0.05, 0.1) is 0 Å². The first kappa shape index (κ1) is 15.5. The molecule has 0 aromatic heterocycles. The molecule has 2 nitrogen and oxygen atoms in total. The van der Waals surface area contributed by atoms with E-state index in [4.69, 9.17) is 5.73 Å². The van der Waals surface area contributed by atoms with Crippen LogP contribution in [0, 0.1) is 5.92 Å². The summed E-state index contributed by atoms with van der Waals surface area (Å²) in [5, 5.41) is 0. The van der Waals surface area contributed by atoms with Gasteiger partial charge in [0.25, 0.3) is 0 Å². The third-order valence-corrected chi connectivity index (χ3v) is 4.51. The molecule has 2 rings (SSSR count). The van der Waals surface area contributed by atoms with Crippen molar-refractivity contribution < 1.29 is 0 Å². The molecule has 1 aliphatic rings. The van der Waals surface area contributed by atoms with Crippen LogP contribution in [0.2, 0.25) is 0 Å². The van der Waals surface area contributed by atoms with Crippen LogP contribution in [-0.2, 0) is 6.42 Å². The highest BCUT2D eigenvalue weighted by Crippen LogP contribution is 2.19. The van der Waals surface area contributed by atoms with Crippen molar-refractivity contribution in [1.29, 1.82) is 0 Å². The molecule has 0 saturated carbocycles. The Kier molecular flexibility index (Phi) is 6.06. The van der Waals surface area contributed by atoms with Crippen molar-refractivity contribution in [2.45, 2.75) is 52.0 Å². The van der Waals surface area contributed by atoms with Crippen LogP contribution in [-0.4, -0.2) is 24.5 Å². The molecule has 0 spiro atoms. The van der Waals surface area contributed by atoms with Crippen LogP contribution in [0.25, 0.3) is 0 Å². The lowest BCUT2D eigenvalue weighted by atomic mass is 10.0. The zero-order valence-electron chi connectivity index (χ0n) is 13.1. The van der Waals surface area contributed by atoms with E-state index in [1.807, 2.05) is 0 Å². The van der Waals surface area contributed by atoms with E-state index in [1.54, 1.807) is 0 Å². The summed E-state index contributed by atoms with van der Waals surface area (Å²) in [4.78, 5) is 2.55. The van der Waals surface area contributed by atoms with Gasteiger partial charge in [0, 0.05) is 12.6 Å². The van der Waals surface area contributed by atoms with Crippen LogP contribution in [0.15, 0.2) is 24.3 Å². The SMILES string of the molecule is CCCc1ccc(C(N)CN2CCCC(C)CC2)cc1. The van der Waals surface area contributed by atoms with Gasteiger partial charge in [0.2, 0.25) is 0 Å². The zero-order valence-corrected chi connectivity index (χ0v) is 13.1. The monoisotopic (exact) mass is 274 g/mol. The first-order valence-electron chi connectivity index (χ1n) is 8.25. The second-order valence-corrected chi connectivity index (χ2v) is 6.43. The van der Waals surface area contributed by atoms with E-state index in [0.717, 1.165) is 12.5 Å². The molecule has 1 heterocycles. The lowest BCUT2D eigenvalue weighted by molar-refractivity contribution is 0.265. The van der Waals surface area contributed by atoms with Crippen molar-refractivity contribution in [1.82, 2.24) is 4.90 Å². The van der Waals surface area contributed by atoms with Crippen molar-refractivity contribution in [3.05, 3.63) is 35.4 Å². The Labute approximate surface area is 124 Å². The van der Waals surface area contributed by atoms with Crippen LogP contribution >= 0.6 is 0 Å². The average Bonchev–Trinajstić information content (AvgIpc) is 2.65. The molecule has 112 valence electrons. The summed E-state index contributed by atoms with van der Waals surface area (Å²) in [5.74, 6) is 0.879. The minimum Gasteiger partial charge on any atom is -0.323 e. The van der Waals surface area contributed by atoms with Gasteiger partial charge in [0.1, 0.15) is 0 Å². The Morgan fingerprint density at radius 3 is 2.65 bits per heavy atom. The van der Waals surface area contributed by atoms with Gasteiger partial charge < -0.3 is 10.6 Å². The highest BCUT2D eigenvalue weighted by molar-refractivity contribution is 5.25. The van der Waals surface area contributed by atoms with Gasteiger partial charge in [-0.3, -0.25) is 0 Å². The predicted octanol–water partition coefficient (Wildman–Crippen LogP) is 3.76. The number of rotatable bonds is 5. The molecule has 0 radical (unpaired) electrons. The summed E-state index contributed by atoms with van der Waals surface area (Å²) < 4.78 is 0. The Bertz CT molecular complexity index is 385. The van der Waals surface area contributed by atoms with Gasteiger partial charge in [-0.25, -0.2) is 0 Å². The summed E-state index contributed by atoms with van der Waals surface area (Å²) in [5.41, 5.74) is 9.10. The fourth-order valence-electron chi connectivity index (χ4n) is 3.11. The third kappa shape index (κ3) is 4.60. The van der Waals surface area contributed by atoms with E-state index < -0.39 is 0 Å². The smallest absolute Gasteiger partial charge is 0.0424 e. The largest absolute Gasteiger partial charge is 0.323 e. The number of aryl methyl sites for hydroxylation is 1. The lowest BCUT2D eigenvalue weighted by Crippen LogP contribution is -2.33. The van der Waals surface area contributed by atoms with Gasteiger partial charge in [-0.1, -0.05) is 44.5 Å². The summed E-state index contributed by atoms with van der Waals surface area (Å²) in [6, 6.07) is 9.07. The quantitative estimate of drug-likeness (QED) is 0.886. The minimum atomic E-state index is 0.152. The normalized spacial score (nSPS) is 22.4. The number of nitrogens with two attached hydrogens (primary N) is 1. The molecule has 1 saturated heterocycles. The first-order valence-corrected chi connectivity index (χ1v) is 8.25. The molecule has 2 heteroatoms. The van der Waals surface area contributed by atoms with Gasteiger partial charge in [-0.2, -0.15) is 0 Å². The van der Waals surface area contributed by atoms with Crippen LogP contribution in [0.4, 0.5) is 0 Å². The number of hydrogen-bond acceptors (Lipinski definition) is 2. The number of hydrogen-bond donors (Lipinski definition) is 1. The molecule has 0 aliphatic carbocycles. The number of nitrogens with zero attached hydrogens (tertiary/aromatic N) is 1. The molecule has 1 aliphatic heterocycles. The molecule has 1 fully saturated rings. The van der Waals surface area contributed by atoms with E-state index in [2.05, 4.69) is 43.0 Å². The zero-order chi connectivity index (χ0) is 14.4. The summed E-state index contributed by atoms with van der Waals surface area (Å²) >= 11 is 0. The van der Waals surface area contributed by atoms with Crippen LogP contribution < -0.4 is 5.73 Å². The minimum absolute atomic E-state index is 0.152. The van der Waals surface area contributed by atoms with E-state index in [0.29, 0.717) is 0 Å². The highest BCUT2D eigenvalue weighted by atomic mass is 15.1. The summed E-state index contributed by atoms with van der Waals surface area (Å²) in [7, 11) is 0. The van der Waals surface area contributed by atoms with E-state index >= 15 is 0 Å². The average molecular weight is 274 g/mol. The van der Waals surface area contributed by atoms with Gasteiger partial charge in [0.15, 0.2) is 0 Å². The summed E-state index contributed by atoms with van der Waals surface area (Å²) in [6.45, 7) is 8.02. The molecule has 0 bridgehead atoms. The van der Waals surface area contributed by atoms with Crippen molar-refractivity contribution in [3.8, 4) is 0 Å². The molecule has 2 atom stereocenters. The Morgan fingerprint density at radius 2 is 1.95 bits per heavy atom. The molecular weight excluding hydrogens is 244 g/mol. The topological polar surface area (TPSA) is 29.3 Å². The van der Waals surface area contributed by atoms with Gasteiger partial charge in [-0.15, -0.1) is 0 Å². The molecule has 1 aromatic carbocycles. The Hall–Kier alpha value is -0.860. The van der Waals surface area contributed by atoms with Crippen molar-refractivity contribution in [2.75, 3.05) is 19.6 Å². The molecule has 1 aromatic rings. The number of likely N-dealkylation sites (tertiary alicyclic amines) is 1. The van der Waals surface area contributed by atoms with Crippen LogP contribution in [0.1, 0.15) is 56.7 Å². The van der Waals surface area contributed by atoms with E-state index in [1.165, 1.54) is 56.3 Å². The molecule has 20 heavy (non-hydrogen) atoms. The second-order valence-electron chi connectivity index (χ2n) is 6.43. The summed E-state index contributed by atoms with van der Waals surface area (Å²) in [6.07, 6.45) is 6.39. The Morgan fingerprint density at radius 1 is 1.20 bits per heavy atom. The standard InChI is InChI=1S/C18H30N2/c1-3-5-16-7-9-17(10-8-16)18(19)14-20-12-4-6-15(2)11-13-20/h7-10,15,18H,3-6,11-14,19H2,1-2H3. The second kappa shape index (κ2) is 7.80. The maximum Gasteiger partial charge on any atom is 0.0424 e. The third-order valence-electron chi connectivity index (χ3n) is 4.51. The van der Waals surface area contributed by atoms with Crippen LogP contribution in [0.3, 0.4) is 0 Å². The maximum atomic E-state index is 6.39. The fraction of sp³-hybridized carbons (Fsp3) is 0.667. The van der Waals surface area contributed by atoms with Crippen molar-refractivity contribution in [2.24, 2.45) is 11.7 Å². The van der Waals surface area contributed by atoms with Gasteiger partial charge in [-0.05, 0) is 55.8 Å². The molecular formula is C18H30N2. The van der Waals surface area contributed by atoms with E-state index in [9.17, 15) is 0 Å².